The van der Waals surface area contributed by atoms with Crippen molar-refractivity contribution in [2.75, 3.05) is 6.54 Å². The normalized spacial score (nSPS) is 12.9. The van der Waals surface area contributed by atoms with Gasteiger partial charge in [0.1, 0.15) is 6.26 Å². The second-order valence-electron chi connectivity index (χ2n) is 6.05. The highest BCUT2D eigenvalue weighted by Gasteiger charge is 2.25. The van der Waals surface area contributed by atoms with E-state index in [1.54, 1.807) is 6.07 Å². The maximum absolute atomic E-state index is 11.7. The van der Waals surface area contributed by atoms with E-state index < -0.39 is 5.97 Å². The second-order valence-corrected chi connectivity index (χ2v) is 6.05. The van der Waals surface area contributed by atoms with E-state index in [0.29, 0.717) is 18.5 Å². The molecule has 2 N–H and O–H groups in total. The van der Waals surface area contributed by atoms with Gasteiger partial charge in [-0.25, -0.2) is 0 Å². The Balaban J connectivity index is 2.42. The minimum Gasteiger partial charge on any atom is -0.481 e. The molecule has 1 unspecified atom stereocenters. The average molecular weight is 281 g/mol. The van der Waals surface area contributed by atoms with Crippen molar-refractivity contribution >= 4 is 11.9 Å². The second kappa shape index (κ2) is 7.12. The molecular formula is C15H23NO4. The van der Waals surface area contributed by atoms with Gasteiger partial charge in [-0.2, -0.15) is 0 Å². The molecule has 0 aliphatic heterocycles. The molecule has 0 fully saturated rings. The fraction of sp³-hybridized carbons (Fsp3) is 0.600. The van der Waals surface area contributed by atoms with Gasteiger partial charge < -0.3 is 14.8 Å². The molecule has 1 heterocycles. The highest BCUT2D eigenvalue weighted by Crippen LogP contribution is 2.32. The van der Waals surface area contributed by atoms with Crippen molar-refractivity contribution < 1.29 is 19.1 Å². The Morgan fingerprint density at radius 3 is 2.55 bits per heavy atom. The number of rotatable bonds is 7. The molecule has 1 aromatic rings. The van der Waals surface area contributed by atoms with Crippen LogP contribution in [0.25, 0.3) is 0 Å². The van der Waals surface area contributed by atoms with E-state index in [4.69, 9.17) is 9.52 Å². The molecule has 0 aromatic carbocycles. The van der Waals surface area contributed by atoms with E-state index in [0.717, 1.165) is 6.42 Å². The molecule has 0 saturated heterocycles. The lowest BCUT2D eigenvalue weighted by atomic mass is 9.76. The van der Waals surface area contributed by atoms with Gasteiger partial charge in [0.25, 0.3) is 5.91 Å². The summed E-state index contributed by atoms with van der Waals surface area (Å²) in [6.07, 6.45) is 4.42. The predicted octanol–water partition coefficient (Wildman–Crippen LogP) is 2.93. The number of nitrogens with one attached hydrogen (secondary N) is 1. The molecule has 1 aromatic heterocycles. The quantitative estimate of drug-likeness (QED) is 0.805. The van der Waals surface area contributed by atoms with Gasteiger partial charge in [0, 0.05) is 13.0 Å². The zero-order valence-corrected chi connectivity index (χ0v) is 12.3. The van der Waals surface area contributed by atoms with Crippen molar-refractivity contribution in [3.05, 3.63) is 24.2 Å². The van der Waals surface area contributed by atoms with Crippen molar-refractivity contribution in [3.8, 4) is 0 Å². The molecule has 0 saturated carbocycles. The lowest BCUT2D eigenvalue weighted by Gasteiger charge is -2.30. The van der Waals surface area contributed by atoms with Crippen LogP contribution < -0.4 is 5.32 Å². The zero-order valence-electron chi connectivity index (χ0n) is 12.3. The first-order valence-electron chi connectivity index (χ1n) is 6.83. The Morgan fingerprint density at radius 2 is 2.05 bits per heavy atom. The lowest BCUT2D eigenvalue weighted by molar-refractivity contribution is -0.137. The Kier molecular flexibility index (Phi) is 5.80. The maximum Gasteiger partial charge on any atom is 0.303 e. The van der Waals surface area contributed by atoms with Crippen LogP contribution in [0.4, 0.5) is 0 Å². The van der Waals surface area contributed by atoms with Crippen LogP contribution in [0, 0.1) is 11.3 Å². The highest BCUT2D eigenvalue weighted by molar-refractivity contribution is 5.93. The fourth-order valence-corrected chi connectivity index (χ4v) is 2.16. The van der Waals surface area contributed by atoms with Crippen LogP contribution in [0.5, 0.6) is 0 Å². The highest BCUT2D eigenvalue weighted by atomic mass is 16.4. The van der Waals surface area contributed by atoms with Crippen molar-refractivity contribution in [3.63, 3.8) is 0 Å². The minimum absolute atomic E-state index is 0.0236. The number of carboxylic acid groups (broad SMARTS) is 1. The summed E-state index contributed by atoms with van der Waals surface area (Å²) in [6, 6.07) is 1.61. The van der Waals surface area contributed by atoms with E-state index in [9.17, 15) is 9.59 Å². The van der Waals surface area contributed by atoms with Gasteiger partial charge in [-0.3, -0.25) is 9.59 Å². The largest absolute Gasteiger partial charge is 0.481 e. The van der Waals surface area contributed by atoms with Gasteiger partial charge in [-0.1, -0.05) is 20.8 Å². The number of carbonyl (C=O) groups is 2. The third kappa shape index (κ3) is 5.47. The smallest absolute Gasteiger partial charge is 0.303 e. The molecule has 0 radical (unpaired) electrons. The van der Waals surface area contributed by atoms with Gasteiger partial charge in [0.05, 0.1) is 11.8 Å². The van der Waals surface area contributed by atoms with Crippen LogP contribution in [0.3, 0.4) is 0 Å². The van der Waals surface area contributed by atoms with Crippen molar-refractivity contribution in [2.24, 2.45) is 11.3 Å². The van der Waals surface area contributed by atoms with Crippen LogP contribution in [0.15, 0.2) is 23.0 Å². The molecule has 5 heteroatoms. The molecular weight excluding hydrogens is 258 g/mol. The van der Waals surface area contributed by atoms with Gasteiger partial charge in [-0.15, -0.1) is 0 Å². The standard InChI is InChI=1S/C15H23NO4/c1-15(2,3)12(4-5-13(17)18)6-8-16-14(19)11-7-9-20-10-11/h7,9-10,12H,4-6,8H2,1-3H3,(H,16,19)(H,17,18). The van der Waals surface area contributed by atoms with Gasteiger partial charge in [-0.05, 0) is 30.2 Å². The Bertz CT molecular complexity index is 431. The molecule has 1 rings (SSSR count). The molecule has 112 valence electrons. The summed E-state index contributed by atoms with van der Waals surface area (Å²) in [5.74, 6) is -0.686. The van der Waals surface area contributed by atoms with E-state index in [1.165, 1.54) is 12.5 Å². The number of aliphatic carboxylic acids is 1. The monoisotopic (exact) mass is 281 g/mol. The summed E-state index contributed by atoms with van der Waals surface area (Å²) in [5, 5.41) is 11.6. The summed E-state index contributed by atoms with van der Waals surface area (Å²) >= 11 is 0. The van der Waals surface area contributed by atoms with E-state index >= 15 is 0 Å². The van der Waals surface area contributed by atoms with Crippen LogP contribution in [-0.4, -0.2) is 23.5 Å². The third-order valence-corrected chi connectivity index (χ3v) is 3.49. The minimum atomic E-state index is -0.776. The number of furan rings is 1. The summed E-state index contributed by atoms with van der Waals surface area (Å²) in [7, 11) is 0. The van der Waals surface area contributed by atoms with Crippen LogP contribution in [0.1, 0.15) is 50.4 Å². The Morgan fingerprint density at radius 1 is 1.35 bits per heavy atom. The number of carbonyl (C=O) groups excluding carboxylic acids is 1. The molecule has 0 spiro atoms. The summed E-state index contributed by atoms with van der Waals surface area (Å²) in [5.41, 5.74) is 0.526. The van der Waals surface area contributed by atoms with Crippen molar-refractivity contribution in [1.29, 1.82) is 0 Å². The predicted molar refractivity (Wildman–Crippen MR) is 75.5 cm³/mol. The number of carboxylic acids is 1. The first-order chi connectivity index (χ1) is 9.30. The van der Waals surface area contributed by atoms with E-state index in [1.807, 2.05) is 0 Å². The topological polar surface area (TPSA) is 79.5 Å². The molecule has 0 aliphatic rings. The molecule has 0 bridgehead atoms. The molecule has 0 aliphatic carbocycles. The summed E-state index contributed by atoms with van der Waals surface area (Å²) in [6.45, 7) is 6.82. The van der Waals surface area contributed by atoms with E-state index in [2.05, 4.69) is 26.1 Å². The van der Waals surface area contributed by atoms with Gasteiger partial charge in [0.15, 0.2) is 0 Å². The SMILES string of the molecule is CC(C)(C)C(CCNC(=O)c1ccoc1)CCC(=O)O. The summed E-state index contributed by atoms with van der Waals surface area (Å²) in [4.78, 5) is 22.4. The number of amides is 1. The number of hydrogen-bond acceptors (Lipinski definition) is 3. The van der Waals surface area contributed by atoms with Crippen molar-refractivity contribution in [1.82, 2.24) is 5.32 Å². The Hall–Kier alpha value is -1.78. The molecule has 20 heavy (non-hydrogen) atoms. The first kappa shape index (κ1) is 16.3. The van der Waals surface area contributed by atoms with Crippen molar-refractivity contribution in [2.45, 2.75) is 40.0 Å². The molecule has 5 nitrogen and oxygen atoms in total. The van der Waals surface area contributed by atoms with Gasteiger partial charge in [0.2, 0.25) is 0 Å². The molecule has 1 amide bonds. The zero-order chi connectivity index (χ0) is 15.2. The first-order valence-corrected chi connectivity index (χ1v) is 6.83. The third-order valence-electron chi connectivity index (χ3n) is 3.49. The summed E-state index contributed by atoms with van der Waals surface area (Å²) < 4.78 is 4.86. The van der Waals surface area contributed by atoms with Crippen LogP contribution >= 0.6 is 0 Å². The van der Waals surface area contributed by atoms with Crippen LogP contribution in [-0.2, 0) is 4.79 Å². The maximum atomic E-state index is 11.7. The average Bonchev–Trinajstić information content (AvgIpc) is 2.84. The lowest BCUT2D eigenvalue weighted by Crippen LogP contribution is -2.29. The van der Waals surface area contributed by atoms with Crippen LogP contribution in [0.2, 0.25) is 0 Å². The number of hydrogen-bond donors (Lipinski definition) is 2. The van der Waals surface area contributed by atoms with Gasteiger partial charge >= 0.3 is 5.97 Å². The fourth-order valence-electron chi connectivity index (χ4n) is 2.16. The Labute approximate surface area is 119 Å². The van der Waals surface area contributed by atoms with E-state index in [-0.39, 0.29) is 23.7 Å². The molecule has 1 atom stereocenters.